The van der Waals surface area contributed by atoms with E-state index in [4.69, 9.17) is 18.9 Å². The summed E-state index contributed by atoms with van der Waals surface area (Å²) in [5.74, 6) is -5.62. The van der Waals surface area contributed by atoms with Crippen LogP contribution >= 0.6 is 0 Å². The van der Waals surface area contributed by atoms with Gasteiger partial charge in [-0.3, -0.25) is 19.2 Å². The molecule has 0 heterocycles. The number of benzene rings is 16. The van der Waals surface area contributed by atoms with Gasteiger partial charge in [-0.25, -0.2) is 9.59 Å². The fourth-order valence-corrected chi connectivity index (χ4v) is 32.2. The molecule has 106 heavy (non-hydrogen) atoms. The molecule has 12 nitrogen and oxygen atoms in total. The first kappa shape index (κ1) is 52.5. The van der Waals surface area contributed by atoms with E-state index >= 15 is 19.2 Å². The zero-order valence-corrected chi connectivity index (χ0v) is 57.9. The molecular weight excluding hydrogens is 1320 g/mol. The number of hydrogen-bond acceptors (Lipinski definition) is 10. The molecule has 2 N–H and O–H groups in total. The lowest BCUT2D eigenvalue weighted by atomic mass is 9.67. The van der Waals surface area contributed by atoms with Crippen molar-refractivity contribution in [2.75, 3.05) is 26.4 Å². The number of ether oxygens (including phenoxy) is 4. The minimum Gasteiger partial charge on any atom is -0.479 e. The third kappa shape index (κ3) is 3.66. The quantitative estimate of drug-likeness (QED) is 0.0143. The van der Waals surface area contributed by atoms with Gasteiger partial charge in [0, 0.05) is 0 Å². The standard InChI is InChI=1S/C94H56O12/c1-3-5-7-9-11-13-15-17-19-21-23-103-85(99)93(86(100)104-24-22-20-18-16-14-12-10-8-6-4-2)89-77-61-45-33-31-29-30-32-34-36-41-51-39(32)49(37(29)45)65(77)67(51)78-69-53(41)44-48(36)64-62-46(34)38(30)50-40(31)52-42-35(33)47-43-54(42)70-74-58-55(43)71(81(89)63(47)61)75-59(58)60-57(73(69)83(75)90(78,89)93)56(44)72-76(60)84(74)92-80(70)68(52)66(50)79(62)91(92,82(64)72)94(92,87(101)105-25-27(95)96)88(102)106-26-28(97)98/h3-26H2,1-2H3,(H,95,96)(H,97,98)/t89-,90+,91+,92-/m1/s1. The highest BCUT2D eigenvalue weighted by Gasteiger charge is 3.04. The smallest absolute Gasteiger partial charge is 0.341 e. The Morgan fingerprint density at radius 2 is 0.349 bits per heavy atom. The number of carbonyl (C=O) groups excluding carboxylic acids is 4. The Bertz CT molecular complexity index is 8470. The summed E-state index contributed by atoms with van der Waals surface area (Å²) in [6.45, 7) is 2.92. The van der Waals surface area contributed by atoms with Gasteiger partial charge in [0.05, 0.1) is 34.9 Å². The molecular formula is C94H56O12. The summed E-state index contributed by atoms with van der Waals surface area (Å²) in [4.78, 5) is 96.5. The van der Waals surface area contributed by atoms with Crippen LogP contribution in [0.25, 0.3) is 259 Å². The van der Waals surface area contributed by atoms with Crippen LogP contribution in [-0.4, -0.2) is 72.5 Å². The van der Waals surface area contributed by atoms with Crippen molar-refractivity contribution in [3.05, 3.63) is 44.5 Å². The van der Waals surface area contributed by atoms with Crippen LogP contribution in [0.15, 0.2) is 0 Å². The molecule has 24 aromatic carbocycles. The molecule has 0 aromatic heterocycles. The highest BCUT2D eigenvalue weighted by molar-refractivity contribution is 6.78. The van der Waals surface area contributed by atoms with Crippen molar-refractivity contribution >= 4 is 294 Å². The Morgan fingerprint density at radius 3 is 0.509 bits per heavy atom. The number of hydrogen-bond donors (Lipinski definition) is 2. The number of rotatable bonds is 30. The largest absolute Gasteiger partial charge is 0.479 e. The third-order valence-corrected chi connectivity index (χ3v) is 33.6. The lowest BCUT2D eigenvalue weighted by Gasteiger charge is -2.32. The first-order valence-corrected chi connectivity index (χ1v) is 40.3. The summed E-state index contributed by atoms with van der Waals surface area (Å²) in [5, 5.41) is 77.1. The zero-order valence-electron chi connectivity index (χ0n) is 57.9. The van der Waals surface area contributed by atoms with Crippen LogP contribution in [0.4, 0.5) is 0 Å². The minimum absolute atomic E-state index is 0.203. The number of aliphatic carboxylic acids is 2. The molecule has 0 radical (unpaired) electrons. The Morgan fingerprint density at radius 1 is 0.208 bits per heavy atom. The van der Waals surface area contributed by atoms with Crippen molar-refractivity contribution < 1.29 is 57.9 Å². The van der Waals surface area contributed by atoms with Crippen LogP contribution in [0.5, 0.6) is 0 Å². The first-order valence-electron chi connectivity index (χ1n) is 40.3. The predicted octanol–water partition coefficient (Wildman–Crippen LogP) is 21.0. The van der Waals surface area contributed by atoms with Crippen LogP contribution in [0.3, 0.4) is 0 Å². The van der Waals surface area contributed by atoms with Crippen molar-refractivity contribution in [1.82, 2.24) is 0 Å². The van der Waals surface area contributed by atoms with Crippen molar-refractivity contribution in [3.63, 3.8) is 0 Å². The van der Waals surface area contributed by atoms with Gasteiger partial charge in [-0.15, -0.1) is 0 Å². The van der Waals surface area contributed by atoms with E-state index in [1.165, 1.54) is 201 Å². The van der Waals surface area contributed by atoms with Gasteiger partial charge < -0.3 is 29.2 Å². The molecule has 4 atom stereocenters. The van der Waals surface area contributed by atoms with Crippen LogP contribution in [0.2, 0.25) is 0 Å². The first-order chi connectivity index (χ1) is 52.1. The second-order valence-corrected chi connectivity index (χ2v) is 36.1. The average molecular weight is 1380 g/mol. The summed E-state index contributed by atoms with van der Waals surface area (Å²) in [7, 11) is 0. The molecule has 4 spiro atoms. The Hall–Kier alpha value is -10.5. The van der Waals surface area contributed by atoms with Gasteiger partial charge >= 0.3 is 35.8 Å². The molecule has 0 aliphatic heterocycles. The van der Waals surface area contributed by atoms with E-state index in [1.54, 1.807) is 0 Å². The van der Waals surface area contributed by atoms with Crippen molar-refractivity contribution in [3.8, 4) is 0 Å². The maximum Gasteiger partial charge on any atom is 0.341 e. The second kappa shape index (κ2) is 14.4. The molecule has 10 aliphatic rings. The van der Waals surface area contributed by atoms with Crippen molar-refractivity contribution in [1.29, 1.82) is 0 Å². The summed E-state index contributed by atoms with van der Waals surface area (Å²) in [6, 6.07) is 0. The van der Waals surface area contributed by atoms with Gasteiger partial charge in [0.25, 0.3) is 0 Å². The van der Waals surface area contributed by atoms with E-state index in [9.17, 15) is 19.8 Å². The van der Waals surface area contributed by atoms with E-state index in [0.717, 1.165) is 218 Å². The van der Waals surface area contributed by atoms with E-state index in [-0.39, 0.29) is 13.2 Å². The number of carbonyl (C=O) groups is 6. The summed E-state index contributed by atoms with van der Waals surface area (Å²) in [6.07, 6.45) is 22.6. The predicted molar refractivity (Wildman–Crippen MR) is 415 cm³/mol. The minimum atomic E-state index is -2.34. The van der Waals surface area contributed by atoms with E-state index in [1.807, 2.05) is 0 Å². The number of esters is 4. The molecule has 2 saturated carbocycles. The normalized spacial score (nSPS) is 22.8. The van der Waals surface area contributed by atoms with Gasteiger partial charge in [0.2, 0.25) is 0 Å². The Labute approximate surface area is 594 Å². The molecule has 0 saturated heterocycles. The van der Waals surface area contributed by atoms with Crippen LogP contribution in [0, 0.1) is 10.8 Å². The number of carboxylic acids is 2. The average Bonchev–Trinajstić information content (AvgIpc) is 1.35. The topological polar surface area (TPSA) is 180 Å². The monoisotopic (exact) mass is 1380 g/mol. The summed E-state index contributed by atoms with van der Waals surface area (Å²) in [5.41, 5.74) is -1.94. The Balaban J connectivity index is 0.772. The van der Waals surface area contributed by atoms with Gasteiger partial charge in [0.1, 0.15) is 0 Å². The molecule has 10 aliphatic carbocycles. The molecule has 504 valence electrons. The fourth-order valence-electron chi connectivity index (χ4n) is 32.2. The lowest BCUT2D eigenvalue weighted by molar-refractivity contribution is -0.172. The SMILES string of the molecule is CCCCCCCCCCCCOC(=O)C1(C(=O)OCCCCCCCCCCCC)[C@]23c4c5c6c7c8c9c(c%10c%11c2c2c4c4c%12c%13c%14c%15c%16c%17c%18c%19c%20c%21c%22c(c%13c4c4c2c2c%11c%11c%10c%10c9c9c%13c8c(c6c%15c5%12)c%16c%13c%18c5c%19c6c%21c(c2c%224)c%11c6c%10c59)[C@@]%202C(C(=O)OCC(=O)O)(C(=O)OCC(=O)O)[C@@]%14%172)[C@]713. The number of unbranched alkanes of at least 4 members (excludes halogenated alkanes) is 18. The second-order valence-electron chi connectivity index (χ2n) is 36.1. The summed E-state index contributed by atoms with van der Waals surface area (Å²) < 4.78 is 27.2. The highest BCUT2D eigenvalue weighted by Crippen LogP contribution is 3.00. The van der Waals surface area contributed by atoms with Crippen molar-refractivity contribution in [2.45, 2.75) is 164 Å². The molecule has 2 fully saturated rings. The van der Waals surface area contributed by atoms with Gasteiger partial charge in [-0.2, -0.15) is 0 Å². The molecule has 24 aromatic rings. The molecule has 34 rings (SSSR count). The van der Waals surface area contributed by atoms with Crippen LogP contribution < -0.4 is 0 Å². The van der Waals surface area contributed by atoms with E-state index < -0.39 is 81.5 Å². The maximum atomic E-state index is 17.9. The lowest BCUT2D eigenvalue weighted by Crippen LogP contribution is -2.40. The fraction of sp³-hybridized carbons (Fsp3) is 0.340. The Kier molecular flexibility index (Phi) is 7.14. The summed E-state index contributed by atoms with van der Waals surface area (Å²) >= 11 is 0. The maximum absolute atomic E-state index is 17.9. The molecule has 0 unspecified atom stereocenters. The van der Waals surface area contributed by atoms with E-state index in [2.05, 4.69) is 13.8 Å². The van der Waals surface area contributed by atoms with Gasteiger partial charge in [-0.1, -0.05) is 129 Å². The third-order valence-electron chi connectivity index (χ3n) is 33.6. The highest BCUT2D eigenvalue weighted by atomic mass is 16.6. The number of carboxylic acid groups (broad SMARTS) is 2. The zero-order chi connectivity index (χ0) is 68.6. The van der Waals surface area contributed by atoms with Gasteiger partial charge in [-0.05, 0) is 316 Å². The molecule has 0 amide bonds. The van der Waals surface area contributed by atoms with Gasteiger partial charge in [0.15, 0.2) is 24.0 Å². The van der Waals surface area contributed by atoms with E-state index in [0.29, 0.717) is 12.8 Å². The van der Waals surface area contributed by atoms with Crippen molar-refractivity contribution in [2.24, 2.45) is 10.8 Å². The molecule has 12 heteroatoms. The molecule has 0 bridgehead atoms. The van der Waals surface area contributed by atoms with Crippen LogP contribution in [-0.2, 0) is 69.4 Å². The van der Waals surface area contributed by atoms with Crippen LogP contribution in [0.1, 0.15) is 187 Å².